The maximum Gasteiger partial charge on any atom is 0.305 e. The summed E-state index contributed by atoms with van der Waals surface area (Å²) in [6, 6.07) is 1.47. The van der Waals surface area contributed by atoms with Crippen LogP contribution < -0.4 is 5.56 Å². The zero-order chi connectivity index (χ0) is 15.0. The fourth-order valence-electron chi connectivity index (χ4n) is 1.66. The number of halogens is 2. The van der Waals surface area contributed by atoms with Gasteiger partial charge in [-0.2, -0.15) is 4.39 Å². The quantitative estimate of drug-likeness (QED) is 0.675. The van der Waals surface area contributed by atoms with Crippen LogP contribution in [0.15, 0.2) is 16.9 Å². The Hall–Kier alpha value is -2.64. The summed E-state index contributed by atoms with van der Waals surface area (Å²) in [6.07, 6.45) is 0. The van der Waals surface area contributed by atoms with Crippen LogP contribution in [0.25, 0.3) is 11.4 Å². The summed E-state index contributed by atoms with van der Waals surface area (Å²) in [4.78, 5) is 27.4. The van der Waals surface area contributed by atoms with Crippen LogP contribution in [0.1, 0.15) is 11.3 Å². The van der Waals surface area contributed by atoms with Gasteiger partial charge in [0.1, 0.15) is 11.6 Å². The number of aromatic amines is 1. The lowest BCUT2D eigenvalue weighted by molar-refractivity contribution is -0.387. The van der Waals surface area contributed by atoms with Crippen molar-refractivity contribution in [1.29, 1.82) is 0 Å². The predicted octanol–water partition coefficient (Wildman–Crippen LogP) is 2.24. The number of rotatable bonds is 2. The molecule has 0 saturated heterocycles. The molecule has 0 bridgehead atoms. The highest BCUT2D eigenvalue weighted by Crippen LogP contribution is 2.29. The van der Waals surface area contributed by atoms with Crippen LogP contribution in [0.2, 0.25) is 0 Å². The van der Waals surface area contributed by atoms with Gasteiger partial charge in [-0.25, -0.2) is 9.37 Å². The minimum atomic E-state index is -1.37. The van der Waals surface area contributed by atoms with Gasteiger partial charge in [0.25, 0.3) is 5.56 Å². The van der Waals surface area contributed by atoms with E-state index in [2.05, 4.69) is 9.97 Å². The second kappa shape index (κ2) is 4.80. The molecule has 0 aliphatic rings. The maximum absolute atomic E-state index is 14.0. The third-order valence-corrected chi connectivity index (χ3v) is 2.90. The average Bonchev–Trinajstić information content (AvgIpc) is 2.35. The van der Waals surface area contributed by atoms with Gasteiger partial charge in [0.05, 0.1) is 10.5 Å². The molecule has 1 heterocycles. The Bertz CT molecular complexity index is 771. The zero-order valence-corrected chi connectivity index (χ0v) is 10.5. The molecular formula is C12H9F2N3O3. The first-order chi connectivity index (χ1) is 9.32. The smallest absolute Gasteiger partial charge is 0.305 e. The van der Waals surface area contributed by atoms with Gasteiger partial charge in [0.2, 0.25) is 5.82 Å². The van der Waals surface area contributed by atoms with Gasteiger partial charge >= 0.3 is 5.69 Å². The molecule has 6 nitrogen and oxygen atoms in total. The number of nitrogens with one attached hydrogen (secondary N) is 1. The second-order valence-electron chi connectivity index (χ2n) is 4.14. The summed E-state index contributed by atoms with van der Waals surface area (Å²) in [5.74, 6) is -2.79. The van der Waals surface area contributed by atoms with Crippen molar-refractivity contribution in [2.45, 2.75) is 13.8 Å². The van der Waals surface area contributed by atoms with Crippen molar-refractivity contribution in [2.75, 3.05) is 0 Å². The third kappa shape index (κ3) is 2.15. The molecule has 2 rings (SSSR count). The van der Waals surface area contributed by atoms with Crippen LogP contribution in [0, 0.1) is 35.6 Å². The maximum atomic E-state index is 14.0. The highest BCUT2D eigenvalue weighted by molar-refractivity contribution is 5.61. The van der Waals surface area contributed by atoms with E-state index in [1.165, 1.54) is 13.8 Å². The molecule has 0 aliphatic carbocycles. The van der Waals surface area contributed by atoms with E-state index in [0.717, 1.165) is 6.07 Å². The number of benzene rings is 1. The van der Waals surface area contributed by atoms with Crippen LogP contribution in [0.3, 0.4) is 0 Å². The normalized spacial score (nSPS) is 10.6. The van der Waals surface area contributed by atoms with E-state index in [-0.39, 0.29) is 11.5 Å². The predicted molar refractivity (Wildman–Crippen MR) is 66.3 cm³/mol. The highest BCUT2D eigenvalue weighted by Gasteiger charge is 2.24. The van der Waals surface area contributed by atoms with Crippen LogP contribution >= 0.6 is 0 Å². The highest BCUT2D eigenvalue weighted by atomic mass is 19.1. The topological polar surface area (TPSA) is 88.9 Å². The first kappa shape index (κ1) is 13.8. The Morgan fingerprint density at radius 2 is 1.95 bits per heavy atom. The van der Waals surface area contributed by atoms with Crippen molar-refractivity contribution >= 4 is 5.69 Å². The Balaban J connectivity index is 2.79. The standard InChI is InChI=1S/C12H9F2N3O3/c1-5-6(2)15-11(16-12(5)18)9-7(13)3-4-8(10(9)14)17(19)20/h3-4H,1-2H3,(H,15,16,18). The van der Waals surface area contributed by atoms with E-state index in [1.807, 2.05) is 0 Å². The number of hydrogen-bond donors (Lipinski definition) is 1. The molecule has 0 radical (unpaired) electrons. The molecule has 0 saturated carbocycles. The van der Waals surface area contributed by atoms with E-state index in [1.54, 1.807) is 0 Å². The molecule has 0 atom stereocenters. The van der Waals surface area contributed by atoms with Gasteiger partial charge in [0, 0.05) is 17.3 Å². The Kier molecular flexibility index (Phi) is 3.31. The number of nitro groups is 1. The molecule has 0 amide bonds. The van der Waals surface area contributed by atoms with Crippen molar-refractivity contribution in [2.24, 2.45) is 0 Å². The largest absolute Gasteiger partial charge is 0.306 e. The van der Waals surface area contributed by atoms with Crippen LogP contribution in [-0.4, -0.2) is 14.9 Å². The summed E-state index contributed by atoms with van der Waals surface area (Å²) in [7, 11) is 0. The van der Waals surface area contributed by atoms with Gasteiger partial charge in [-0.3, -0.25) is 14.9 Å². The molecule has 20 heavy (non-hydrogen) atoms. The molecule has 0 spiro atoms. The Labute approximate surface area is 111 Å². The molecule has 104 valence electrons. The first-order valence-electron chi connectivity index (χ1n) is 5.53. The minimum Gasteiger partial charge on any atom is -0.306 e. The lowest BCUT2D eigenvalue weighted by atomic mass is 10.1. The number of nitro benzene ring substituents is 1. The zero-order valence-electron chi connectivity index (χ0n) is 10.5. The molecule has 1 N–H and O–H groups in total. The lowest BCUT2D eigenvalue weighted by Gasteiger charge is -2.06. The number of aryl methyl sites for hydroxylation is 1. The molecule has 0 unspecified atom stereocenters. The summed E-state index contributed by atoms with van der Waals surface area (Å²) in [5, 5.41) is 10.7. The minimum absolute atomic E-state index is 0.286. The van der Waals surface area contributed by atoms with E-state index in [9.17, 15) is 23.7 Å². The monoisotopic (exact) mass is 281 g/mol. The molecule has 1 aromatic heterocycles. The summed E-state index contributed by atoms with van der Waals surface area (Å²) >= 11 is 0. The first-order valence-corrected chi connectivity index (χ1v) is 5.53. The summed E-state index contributed by atoms with van der Waals surface area (Å²) < 4.78 is 27.7. The molecule has 1 aromatic carbocycles. The molecule has 0 aliphatic heterocycles. The van der Waals surface area contributed by atoms with Crippen molar-refractivity contribution in [3.8, 4) is 11.4 Å². The fraction of sp³-hybridized carbons (Fsp3) is 0.167. The van der Waals surface area contributed by atoms with Crippen molar-refractivity contribution < 1.29 is 13.7 Å². The lowest BCUT2D eigenvalue weighted by Crippen LogP contribution is -2.15. The number of aromatic nitrogens is 2. The van der Waals surface area contributed by atoms with E-state index >= 15 is 0 Å². The third-order valence-electron chi connectivity index (χ3n) is 2.90. The number of nitrogens with zero attached hydrogens (tertiary/aromatic N) is 2. The molecule has 8 heteroatoms. The number of H-pyrrole nitrogens is 1. The number of hydrogen-bond acceptors (Lipinski definition) is 4. The van der Waals surface area contributed by atoms with Crippen molar-refractivity contribution in [3.63, 3.8) is 0 Å². The molecule has 0 fully saturated rings. The van der Waals surface area contributed by atoms with Crippen LogP contribution in [0.4, 0.5) is 14.5 Å². The van der Waals surface area contributed by atoms with Crippen LogP contribution in [0.5, 0.6) is 0 Å². The van der Waals surface area contributed by atoms with Crippen molar-refractivity contribution in [3.05, 3.63) is 55.5 Å². The van der Waals surface area contributed by atoms with Gasteiger partial charge in [-0.05, 0) is 19.9 Å². The Morgan fingerprint density at radius 3 is 2.50 bits per heavy atom. The van der Waals surface area contributed by atoms with Gasteiger partial charge in [0.15, 0.2) is 0 Å². The van der Waals surface area contributed by atoms with E-state index in [4.69, 9.17) is 0 Å². The van der Waals surface area contributed by atoms with E-state index < -0.39 is 33.4 Å². The fourth-order valence-corrected chi connectivity index (χ4v) is 1.66. The Morgan fingerprint density at radius 1 is 1.30 bits per heavy atom. The van der Waals surface area contributed by atoms with Crippen LogP contribution in [-0.2, 0) is 0 Å². The second-order valence-corrected chi connectivity index (χ2v) is 4.14. The molecular weight excluding hydrogens is 272 g/mol. The van der Waals surface area contributed by atoms with Gasteiger partial charge in [-0.1, -0.05) is 0 Å². The van der Waals surface area contributed by atoms with E-state index in [0.29, 0.717) is 11.6 Å². The summed E-state index contributed by atoms with van der Waals surface area (Å²) in [5.41, 5.74) is -1.58. The van der Waals surface area contributed by atoms with Gasteiger partial charge < -0.3 is 4.98 Å². The average molecular weight is 281 g/mol. The molecule has 2 aromatic rings. The van der Waals surface area contributed by atoms with Crippen molar-refractivity contribution in [1.82, 2.24) is 9.97 Å². The van der Waals surface area contributed by atoms with Gasteiger partial charge in [-0.15, -0.1) is 0 Å². The summed E-state index contributed by atoms with van der Waals surface area (Å²) in [6.45, 7) is 3.01. The SMILES string of the molecule is Cc1nc(-c2c(F)ccc([N+](=O)[O-])c2F)[nH]c(=O)c1C.